The summed E-state index contributed by atoms with van der Waals surface area (Å²) in [6.45, 7) is 4.80. The first kappa shape index (κ1) is 15.0. The molecule has 118 valence electrons. The van der Waals surface area contributed by atoms with Gasteiger partial charge in [-0.1, -0.05) is 18.2 Å². The molecule has 1 aliphatic carbocycles. The zero-order valence-electron chi connectivity index (χ0n) is 13.0. The number of nitrogens with one attached hydrogen (secondary N) is 1. The smallest absolute Gasteiger partial charge is 0.253 e. The Labute approximate surface area is 131 Å². The van der Waals surface area contributed by atoms with Crippen molar-refractivity contribution < 1.29 is 9.59 Å². The molecule has 0 radical (unpaired) electrons. The third-order valence-corrected chi connectivity index (χ3v) is 4.47. The number of nitrogens with zero attached hydrogens (tertiary/aromatic N) is 2. The molecule has 0 aromatic heterocycles. The molecule has 1 heterocycles. The molecule has 1 saturated heterocycles. The largest absolute Gasteiger partial charge is 0.352 e. The van der Waals surface area contributed by atoms with Crippen molar-refractivity contribution >= 4 is 11.8 Å². The summed E-state index contributed by atoms with van der Waals surface area (Å²) in [5, 5.41) is 3.05. The van der Waals surface area contributed by atoms with Crippen molar-refractivity contribution in [2.75, 3.05) is 26.2 Å². The minimum absolute atomic E-state index is 0.0790. The van der Waals surface area contributed by atoms with Crippen LogP contribution in [0.4, 0.5) is 0 Å². The quantitative estimate of drug-likeness (QED) is 0.906. The molecular weight excluding hydrogens is 278 g/mol. The summed E-state index contributed by atoms with van der Waals surface area (Å²) in [4.78, 5) is 28.5. The molecule has 2 amide bonds. The summed E-state index contributed by atoms with van der Waals surface area (Å²) in [6, 6.07) is 9.66. The van der Waals surface area contributed by atoms with E-state index in [1.807, 2.05) is 42.2 Å². The Morgan fingerprint density at radius 3 is 2.32 bits per heavy atom. The van der Waals surface area contributed by atoms with Crippen LogP contribution in [0.2, 0.25) is 0 Å². The van der Waals surface area contributed by atoms with Gasteiger partial charge in [0.15, 0.2) is 0 Å². The molecule has 3 rings (SSSR count). The number of hydrogen-bond acceptors (Lipinski definition) is 3. The zero-order chi connectivity index (χ0) is 15.5. The van der Waals surface area contributed by atoms with Crippen LogP contribution < -0.4 is 5.32 Å². The summed E-state index contributed by atoms with van der Waals surface area (Å²) >= 11 is 0. The van der Waals surface area contributed by atoms with Gasteiger partial charge in [0.1, 0.15) is 0 Å². The zero-order valence-corrected chi connectivity index (χ0v) is 13.0. The second kappa shape index (κ2) is 6.48. The van der Waals surface area contributed by atoms with E-state index in [2.05, 4.69) is 10.2 Å². The van der Waals surface area contributed by atoms with Crippen LogP contribution in [0.25, 0.3) is 0 Å². The Morgan fingerprint density at radius 2 is 1.73 bits per heavy atom. The van der Waals surface area contributed by atoms with Crippen molar-refractivity contribution in [3.63, 3.8) is 0 Å². The predicted octanol–water partition coefficient (Wildman–Crippen LogP) is 1.11. The first-order valence-electron chi connectivity index (χ1n) is 8.04. The molecule has 1 atom stereocenters. The van der Waals surface area contributed by atoms with Gasteiger partial charge in [0, 0.05) is 37.8 Å². The highest BCUT2D eigenvalue weighted by Gasteiger charge is 2.30. The fourth-order valence-corrected chi connectivity index (χ4v) is 2.79. The van der Waals surface area contributed by atoms with Crippen molar-refractivity contribution in [3.8, 4) is 0 Å². The highest BCUT2D eigenvalue weighted by atomic mass is 16.2. The van der Waals surface area contributed by atoms with E-state index in [0.29, 0.717) is 19.1 Å². The Morgan fingerprint density at radius 1 is 1.09 bits per heavy atom. The van der Waals surface area contributed by atoms with Crippen molar-refractivity contribution in [1.82, 2.24) is 15.1 Å². The van der Waals surface area contributed by atoms with E-state index in [9.17, 15) is 9.59 Å². The van der Waals surface area contributed by atoms with Gasteiger partial charge in [-0.15, -0.1) is 0 Å². The van der Waals surface area contributed by atoms with E-state index in [1.54, 1.807) is 0 Å². The highest BCUT2D eigenvalue weighted by molar-refractivity contribution is 5.94. The van der Waals surface area contributed by atoms with Crippen LogP contribution in [0.5, 0.6) is 0 Å². The molecule has 22 heavy (non-hydrogen) atoms. The SMILES string of the molecule is C[C@H](C(=O)NC1CC1)N1CCN(C(=O)c2ccccc2)CC1. The summed E-state index contributed by atoms with van der Waals surface area (Å²) in [6.07, 6.45) is 2.22. The predicted molar refractivity (Wildman–Crippen MR) is 84.5 cm³/mol. The lowest BCUT2D eigenvalue weighted by molar-refractivity contribution is -0.126. The average molecular weight is 301 g/mol. The highest BCUT2D eigenvalue weighted by Crippen LogP contribution is 2.19. The van der Waals surface area contributed by atoms with Gasteiger partial charge < -0.3 is 10.2 Å². The molecule has 0 unspecified atom stereocenters. The van der Waals surface area contributed by atoms with Crippen LogP contribution in [-0.4, -0.2) is 59.9 Å². The summed E-state index contributed by atoms with van der Waals surface area (Å²) in [5.41, 5.74) is 0.732. The number of carbonyl (C=O) groups excluding carboxylic acids is 2. The first-order chi connectivity index (χ1) is 10.6. The van der Waals surface area contributed by atoms with Crippen molar-refractivity contribution in [2.45, 2.75) is 31.8 Å². The van der Waals surface area contributed by atoms with E-state index in [4.69, 9.17) is 0 Å². The van der Waals surface area contributed by atoms with E-state index in [-0.39, 0.29) is 17.9 Å². The van der Waals surface area contributed by atoms with Gasteiger partial charge in [0.05, 0.1) is 6.04 Å². The first-order valence-corrected chi connectivity index (χ1v) is 8.04. The molecule has 1 aromatic carbocycles. The number of piperazine rings is 1. The maximum atomic E-state index is 12.4. The molecule has 5 heteroatoms. The van der Waals surface area contributed by atoms with Crippen molar-refractivity contribution in [3.05, 3.63) is 35.9 Å². The van der Waals surface area contributed by atoms with E-state index in [0.717, 1.165) is 31.5 Å². The molecule has 1 N–H and O–H groups in total. The second-order valence-corrected chi connectivity index (χ2v) is 6.15. The van der Waals surface area contributed by atoms with Crippen LogP contribution in [-0.2, 0) is 4.79 Å². The fourth-order valence-electron chi connectivity index (χ4n) is 2.79. The van der Waals surface area contributed by atoms with Gasteiger partial charge >= 0.3 is 0 Å². The van der Waals surface area contributed by atoms with Gasteiger partial charge in [-0.3, -0.25) is 14.5 Å². The summed E-state index contributed by atoms with van der Waals surface area (Å²) < 4.78 is 0. The van der Waals surface area contributed by atoms with Crippen LogP contribution in [0.1, 0.15) is 30.1 Å². The maximum Gasteiger partial charge on any atom is 0.253 e. The Balaban J connectivity index is 1.51. The van der Waals surface area contributed by atoms with Gasteiger partial charge in [-0.05, 0) is 31.9 Å². The van der Waals surface area contributed by atoms with Crippen molar-refractivity contribution in [1.29, 1.82) is 0 Å². The third kappa shape index (κ3) is 3.47. The van der Waals surface area contributed by atoms with Gasteiger partial charge in [0.2, 0.25) is 5.91 Å². The molecule has 5 nitrogen and oxygen atoms in total. The normalized spacial score (nSPS) is 20.5. The number of amides is 2. The Bertz CT molecular complexity index is 534. The number of benzene rings is 1. The Hall–Kier alpha value is -1.88. The number of rotatable bonds is 4. The minimum atomic E-state index is -0.116. The molecule has 0 bridgehead atoms. The minimum Gasteiger partial charge on any atom is -0.352 e. The monoisotopic (exact) mass is 301 g/mol. The molecule has 0 spiro atoms. The van der Waals surface area contributed by atoms with Gasteiger partial charge in [-0.2, -0.15) is 0 Å². The van der Waals surface area contributed by atoms with Crippen molar-refractivity contribution in [2.24, 2.45) is 0 Å². The van der Waals surface area contributed by atoms with Crippen LogP contribution >= 0.6 is 0 Å². The molecule has 2 fully saturated rings. The van der Waals surface area contributed by atoms with Gasteiger partial charge in [0.25, 0.3) is 5.91 Å². The topological polar surface area (TPSA) is 52.7 Å². The average Bonchev–Trinajstić information content (AvgIpc) is 3.38. The van der Waals surface area contributed by atoms with Crippen LogP contribution in [0, 0.1) is 0 Å². The molecule has 2 aliphatic rings. The lowest BCUT2D eigenvalue weighted by Crippen LogP contribution is -2.55. The maximum absolute atomic E-state index is 12.4. The lowest BCUT2D eigenvalue weighted by atomic mass is 10.1. The van der Waals surface area contributed by atoms with E-state index < -0.39 is 0 Å². The lowest BCUT2D eigenvalue weighted by Gasteiger charge is -2.37. The standard InChI is InChI=1S/C17H23N3O2/c1-13(16(21)18-15-7-8-15)19-9-11-20(12-10-19)17(22)14-5-3-2-4-6-14/h2-6,13,15H,7-12H2,1H3,(H,18,21)/t13-/m1/s1. The van der Waals surface area contributed by atoms with Crippen LogP contribution in [0.15, 0.2) is 30.3 Å². The van der Waals surface area contributed by atoms with E-state index in [1.165, 1.54) is 0 Å². The summed E-state index contributed by atoms with van der Waals surface area (Å²) in [5.74, 6) is 0.195. The Kier molecular flexibility index (Phi) is 4.43. The summed E-state index contributed by atoms with van der Waals surface area (Å²) in [7, 11) is 0. The third-order valence-electron chi connectivity index (χ3n) is 4.47. The molecule has 1 aromatic rings. The fraction of sp³-hybridized carbons (Fsp3) is 0.529. The number of carbonyl (C=O) groups is 2. The molecular formula is C17H23N3O2. The van der Waals surface area contributed by atoms with E-state index >= 15 is 0 Å². The van der Waals surface area contributed by atoms with Gasteiger partial charge in [-0.25, -0.2) is 0 Å². The number of hydrogen-bond donors (Lipinski definition) is 1. The molecule has 1 saturated carbocycles. The van der Waals surface area contributed by atoms with Crippen LogP contribution in [0.3, 0.4) is 0 Å². The molecule has 1 aliphatic heterocycles. The second-order valence-electron chi connectivity index (χ2n) is 6.15.